The van der Waals surface area contributed by atoms with E-state index >= 15 is 0 Å². The highest BCUT2D eigenvalue weighted by Gasteiger charge is 2.09. The molecule has 0 fully saturated rings. The number of ether oxygens (including phenoxy) is 2. The van der Waals surface area contributed by atoms with Crippen LogP contribution >= 0.6 is 12.2 Å². The Morgan fingerprint density at radius 1 is 1.29 bits per heavy atom. The summed E-state index contributed by atoms with van der Waals surface area (Å²) in [5, 5.41) is 10.2. The van der Waals surface area contributed by atoms with Gasteiger partial charge in [0.2, 0.25) is 0 Å². The molecule has 21 heavy (non-hydrogen) atoms. The van der Waals surface area contributed by atoms with Crippen molar-refractivity contribution in [2.24, 2.45) is 0 Å². The number of aromatic hydroxyl groups is 1. The van der Waals surface area contributed by atoms with Gasteiger partial charge in [-0.05, 0) is 49.7 Å². The minimum Gasteiger partial charge on any atom is -0.504 e. The van der Waals surface area contributed by atoms with Gasteiger partial charge >= 0.3 is 0 Å². The van der Waals surface area contributed by atoms with E-state index in [1.807, 2.05) is 6.07 Å². The molecule has 1 rings (SSSR count). The number of methoxy groups -OCH3 is 1. The van der Waals surface area contributed by atoms with Crippen molar-refractivity contribution in [1.29, 1.82) is 0 Å². The highest BCUT2D eigenvalue weighted by Crippen LogP contribution is 2.26. The van der Waals surface area contributed by atoms with E-state index in [4.69, 9.17) is 21.7 Å². The molecule has 118 valence electrons. The standard InChI is InChI=1S/C17H26O3S/c1-4-5-6-7-8-13(2)20-17(21)12-14-9-10-15(18)16(11-14)19-3/h9-11,13,18H,4-8,12H2,1-3H3/t13-/m1/s1. The highest BCUT2D eigenvalue weighted by molar-refractivity contribution is 7.80. The molecule has 0 aliphatic heterocycles. The van der Waals surface area contributed by atoms with Crippen LogP contribution in [0.1, 0.15) is 51.5 Å². The van der Waals surface area contributed by atoms with Gasteiger partial charge in [-0.15, -0.1) is 0 Å². The van der Waals surface area contributed by atoms with E-state index < -0.39 is 0 Å². The van der Waals surface area contributed by atoms with Crippen LogP contribution in [-0.4, -0.2) is 23.4 Å². The molecule has 0 aromatic heterocycles. The molecule has 1 atom stereocenters. The van der Waals surface area contributed by atoms with Crippen molar-refractivity contribution in [2.45, 2.75) is 58.5 Å². The summed E-state index contributed by atoms with van der Waals surface area (Å²) in [7, 11) is 1.53. The minimum absolute atomic E-state index is 0.136. The molecule has 0 heterocycles. The molecule has 3 nitrogen and oxygen atoms in total. The normalized spacial score (nSPS) is 12.0. The van der Waals surface area contributed by atoms with Crippen LogP contribution in [0.2, 0.25) is 0 Å². The molecule has 1 N–H and O–H groups in total. The number of hydrogen-bond acceptors (Lipinski definition) is 4. The molecule has 0 aliphatic carbocycles. The third-order valence-electron chi connectivity index (χ3n) is 3.39. The van der Waals surface area contributed by atoms with Crippen molar-refractivity contribution >= 4 is 17.3 Å². The molecule has 0 unspecified atom stereocenters. The van der Waals surface area contributed by atoms with E-state index in [1.54, 1.807) is 12.1 Å². The minimum atomic E-state index is 0.136. The van der Waals surface area contributed by atoms with Crippen LogP contribution < -0.4 is 4.74 Å². The molecule has 0 amide bonds. The maximum absolute atomic E-state index is 9.57. The Bertz CT molecular complexity index is 446. The number of phenolic OH excluding ortho intramolecular Hbond substituents is 1. The Morgan fingerprint density at radius 3 is 2.71 bits per heavy atom. The Balaban J connectivity index is 2.39. The van der Waals surface area contributed by atoms with Crippen LogP contribution in [0.25, 0.3) is 0 Å². The van der Waals surface area contributed by atoms with Gasteiger partial charge in [0.05, 0.1) is 13.2 Å². The number of hydrogen-bond donors (Lipinski definition) is 1. The lowest BCUT2D eigenvalue weighted by atomic mass is 10.1. The van der Waals surface area contributed by atoms with Crippen LogP contribution in [0.4, 0.5) is 0 Å². The number of phenols is 1. The SMILES string of the molecule is CCCCCC[C@@H](C)OC(=S)Cc1ccc(O)c(OC)c1. The van der Waals surface area contributed by atoms with Crippen molar-refractivity contribution in [3.05, 3.63) is 23.8 Å². The maximum Gasteiger partial charge on any atom is 0.164 e. The Morgan fingerprint density at radius 2 is 2.05 bits per heavy atom. The van der Waals surface area contributed by atoms with Crippen molar-refractivity contribution in [2.75, 3.05) is 7.11 Å². The summed E-state index contributed by atoms with van der Waals surface area (Å²) in [6.07, 6.45) is 6.73. The molecule has 1 aromatic carbocycles. The molecular formula is C17H26O3S. The number of unbranched alkanes of at least 4 members (excludes halogenated alkanes) is 3. The van der Waals surface area contributed by atoms with Gasteiger partial charge in [-0.1, -0.05) is 32.3 Å². The predicted octanol–water partition coefficient (Wildman–Crippen LogP) is 4.65. The summed E-state index contributed by atoms with van der Waals surface area (Å²) in [6, 6.07) is 5.24. The van der Waals surface area contributed by atoms with E-state index in [1.165, 1.54) is 32.8 Å². The summed E-state index contributed by atoms with van der Waals surface area (Å²) in [6.45, 7) is 4.27. The van der Waals surface area contributed by atoms with Gasteiger partial charge in [-0.3, -0.25) is 0 Å². The molecular weight excluding hydrogens is 284 g/mol. The first-order valence-corrected chi connectivity index (χ1v) is 8.03. The van der Waals surface area contributed by atoms with E-state index in [-0.39, 0.29) is 11.9 Å². The van der Waals surface area contributed by atoms with Crippen molar-refractivity contribution < 1.29 is 14.6 Å². The van der Waals surface area contributed by atoms with E-state index in [0.29, 0.717) is 17.2 Å². The lowest BCUT2D eigenvalue weighted by Gasteiger charge is -2.15. The quantitative estimate of drug-likeness (QED) is 0.532. The van der Waals surface area contributed by atoms with Crippen LogP contribution in [-0.2, 0) is 11.2 Å². The van der Waals surface area contributed by atoms with Crippen molar-refractivity contribution in [1.82, 2.24) is 0 Å². The molecule has 0 spiro atoms. The van der Waals surface area contributed by atoms with Gasteiger partial charge in [0, 0.05) is 6.42 Å². The maximum atomic E-state index is 9.57. The summed E-state index contributed by atoms with van der Waals surface area (Å²) >= 11 is 5.30. The smallest absolute Gasteiger partial charge is 0.164 e. The third kappa shape index (κ3) is 6.80. The van der Waals surface area contributed by atoms with E-state index in [2.05, 4.69) is 13.8 Å². The number of thiocarbonyl (C=S) groups is 1. The zero-order valence-corrected chi connectivity index (χ0v) is 14.0. The molecule has 0 saturated carbocycles. The fourth-order valence-electron chi connectivity index (χ4n) is 2.18. The molecule has 0 saturated heterocycles. The topological polar surface area (TPSA) is 38.7 Å². The average Bonchev–Trinajstić information content (AvgIpc) is 2.45. The first kappa shape index (κ1) is 17.8. The Kier molecular flexibility index (Phi) is 8.13. The van der Waals surface area contributed by atoms with Gasteiger partial charge in [0.15, 0.2) is 16.5 Å². The Hall–Kier alpha value is -1.29. The van der Waals surface area contributed by atoms with Gasteiger partial charge in [-0.2, -0.15) is 0 Å². The van der Waals surface area contributed by atoms with Gasteiger partial charge in [-0.25, -0.2) is 0 Å². The fourth-order valence-corrected chi connectivity index (χ4v) is 2.51. The van der Waals surface area contributed by atoms with Gasteiger partial charge in [0.25, 0.3) is 0 Å². The number of benzene rings is 1. The summed E-state index contributed by atoms with van der Waals surface area (Å²) in [5.41, 5.74) is 0.979. The largest absolute Gasteiger partial charge is 0.504 e. The zero-order chi connectivity index (χ0) is 15.7. The second-order valence-corrected chi connectivity index (χ2v) is 5.79. The first-order chi connectivity index (χ1) is 10.1. The molecule has 0 aliphatic rings. The second kappa shape index (κ2) is 9.61. The highest BCUT2D eigenvalue weighted by atomic mass is 32.1. The van der Waals surface area contributed by atoms with Crippen LogP contribution in [0.5, 0.6) is 11.5 Å². The van der Waals surface area contributed by atoms with Crippen molar-refractivity contribution in [3.8, 4) is 11.5 Å². The second-order valence-electron chi connectivity index (χ2n) is 5.33. The van der Waals surface area contributed by atoms with Crippen LogP contribution in [0.15, 0.2) is 18.2 Å². The number of rotatable bonds is 9. The lowest BCUT2D eigenvalue weighted by Crippen LogP contribution is -2.15. The molecule has 0 radical (unpaired) electrons. The predicted molar refractivity (Wildman–Crippen MR) is 90.3 cm³/mol. The summed E-state index contributed by atoms with van der Waals surface area (Å²) in [5.74, 6) is 0.597. The molecule has 4 heteroatoms. The fraction of sp³-hybridized carbons (Fsp3) is 0.588. The first-order valence-electron chi connectivity index (χ1n) is 7.62. The molecule has 0 bridgehead atoms. The van der Waals surface area contributed by atoms with Crippen molar-refractivity contribution in [3.63, 3.8) is 0 Å². The average molecular weight is 310 g/mol. The van der Waals surface area contributed by atoms with Gasteiger partial charge < -0.3 is 14.6 Å². The van der Waals surface area contributed by atoms with E-state index in [9.17, 15) is 5.11 Å². The monoisotopic (exact) mass is 310 g/mol. The third-order valence-corrected chi connectivity index (χ3v) is 3.63. The summed E-state index contributed by atoms with van der Waals surface area (Å²) in [4.78, 5) is 0. The molecule has 1 aromatic rings. The lowest BCUT2D eigenvalue weighted by molar-refractivity contribution is 0.195. The van der Waals surface area contributed by atoms with E-state index in [0.717, 1.165) is 12.0 Å². The van der Waals surface area contributed by atoms with Gasteiger partial charge in [0.1, 0.15) is 0 Å². The zero-order valence-electron chi connectivity index (χ0n) is 13.2. The summed E-state index contributed by atoms with van der Waals surface area (Å²) < 4.78 is 10.9. The Labute approximate surface area is 133 Å². The van der Waals surface area contributed by atoms with Crippen LogP contribution in [0, 0.1) is 0 Å². The van der Waals surface area contributed by atoms with Crippen LogP contribution in [0.3, 0.4) is 0 Å².